The molecule has 3 heterocycles. The molecule has 0 radical (unpaired) electrons. The first-order valence-corrected chi connectivity index (χ1v) is 10.3. The van der Waals surface area contributed by atoms with Gasteiger partial charge in [-0.3, -0.25) is 4.79 Å². The molecule has 0 fully saturated rings. The monoisotopic (exact) mass is 374 g/mol. The van der Waals surface area contributed by atoms with Crippen molar-refractivity contribution in [3.8, 4) is 0 Å². The number of carbonyl (C=O) groups excluding carboxylic acids is 1. The van der Waals surface area contributed by atoms with Crippen LogP contribution in [0.4, 0.5) is 5.69 Å². The van der Waals surface area contributed by atoms with E-state index in [2.05, 4.69) is 14.3 Å². The molecule has 0 aliphatic carbocycles. The van der Waals surface area contributed by atoms with Crippen molar-refractivity contribution in [3.05, 3.63) is 42.0 Å². The van der Waals surface area contributed by atoms with Gasteiger partial charge < -0.3 is 9.47 Å². The third-order valence-electron chi connectivity index (χ3n) is 5.23. The minimum Gasteiger partial charge on any atom is -0.335 e. The summed E-state index contributed by atoms with van der Waals surface area (Å²) in [6.07, 6.45) is 6.22. The number of nitrogens with zero attached hydrogens (tertiary/aromatic N) is 3. The number of hydrogen-bond acceptors (Lipinski definition) is 4. The molecule has 0 bridgehead atoms. The smallest absolute Gasteiger partial charge is 0.240 e. The Labute approximate surface area is 153 Å². The molecule has 2 aromatic rings. The molecule has 1 aromatic carbocycles. The zero-order valence-electron chi connectivity index (χ0n) is 14.7. The Morgan fingerprint density at radius 2 is 2.19 bits per heavy atom. The molecule has 2 aliphatic rings. The van der Waals surface area contributed by atoms with Gasteiger partial charge in [-0.2, -0.15) is 0 Å². The van der Waals surface area contributed by atoms with Gasteiger partial charge in [-0.15, -0.1) is 0 Å². The molecule has 138 valence electrons. The average Bonchev–Trinajstić information content (AvgIpc) is 3.25. The van der Waals surface area contributed by atoms with Crippen molar-refractivity contribution in [2.45, 2.75) is 37.6 Å². The van der Waals surface area contributed by atoms with E-state index < -0.39 is 10.0 Å². The van der Waals surface area contributed by atoms with Crippen LogP contribution in [0, 0.1) is 5.92 Å². The zero-order valence-corrected chi connectivity index (χ0v) is 15.5. The van der Waals surface area contributed by atoms with E-state index in [1.165, 1.54) is 6.92 Å². The highest BCUT2D eigenvalue weighted by Gasteiger charge is 2.26. The number of rotatable bonds is 4. The number of fused-ring (bicyclic) bond motifs is 2. The molecule has 0 saturated carbocycles. The second-order valence-corrected chi connectivity index (χ2v) is 8.73. The van der Waals surface area contributed by atoms with Gasteiger partial charge in [0.25, 0.3) is 0 Å². The molecular formula is C18H22N4O3S. The number of imidazole rings is 1. The van der Waals surface area contributed by atoms with Crippen molar-refractivity contribution in [2.75, 3.05) is 18.0 Å². The highest BCUT2D eigenvalue weighted by Crippen LogP contribution is 2.30. The van der Waals surface area contributed by atoms with Crippen molar-refractivity contribution in [1.29, 1.82) is 0 Å². The van der Waals surface area contributed by atoms with Gasteiger partial charge in [-0.25, -0.2) is 18.1 Å². The van der Waals surface area contributed by atoms with Crippen LogP contribution >= 0.6 is 0 Å². The van der Waals surface area contributed by atoms with Crippen LogP contribution in [0.5, 0.6) is 0 Å². The SMILES string of the molecule is CC(=O)N1CCc2cc(S(=O)(=O)NC[C@H]3CCc4nccn4C3)ccc21. The van der Waals surface area contributed by atoms with E-state index in [9.17, 15) is 13.2 Å². The van der Waals surface area contributed by atoms with E-state index in [0.29, 0.717) is 19.5 Å². The number of hydrogen-bond donors (Lipinski definition) is 1. The normalized spacial score (nSPS) is 19.3. The lowest BCUT2D eigenvalue weighted by atomic mass is 10.00. The Morgan fingerprint density at radius 1 is 1.35 bits per heavy atom. The Kier molecular flexibility index (Phi) is 4.32. The number of sulfonamides is 1. The van der Waals surface area contributed by atoms with Gasteiger partial charge >= 0.3 is 0 Å². The maximum Gasteiger partial charge on any atom is 0.240 e. The fourth-order valence-electron chi connectivity index (χ4n) is 3.79. The Hall–Kier alpha value is -2.19. The summed E-state index contributed by atoms with van der Waals surface area (Å²) in [5, 5.41) is 0. The van der Waals surface area contributed by atoms with E-state index >= 15 is 0 Å². The number of carbonyl (C=O) groups is 1. The minimum atomic E-state index is -3.56. The van der Waals surface area contributed by atoms with Crippen molar-refractivity contribution in [1.82, 2.24) is 14.3 Å². The maximum atomic E-state index is 12.7. The third kappa shape index (κ3) is 3.14. The van der Waals surface area contributed by atoms with Crippen molar-refractivity contribution < 1.29 is 13.2 Å². The molecule has 1 atom stereocenters. The quantitative estimate of drug-likeness (QED) is 0.875. The van der Waals surface area contributed by atoms with Crippen LogP contribution < -0.4 is 9.62 Å². The summed E-state index contributed by atoms with van der Waals surface area (Å²) in [7, 11) is -3.56. The third-order valence-corrected chi connectivity index (χ3v) is 6.65. The lowest BCUT2D eigenvalue weighted by Gasteiger charge is -2.24. The predicted octanol–water partition coefficient (Wildman–Crippen LogP) is 1.33. The fourth-order valence-corrected chi connectivity index (χ4v) is 4.95. The number of aromatic nitrogens is 2. The lowest BCUT2D eigenvalue weighted by molar-refractivity contribution is -0.116. The van der Waals surface area contributed by atoms with Crippen molar-refractivity contribution in [3.63, 3.8) is 0 Å². The van der Waals surface area contributed by atoms with E-state index in [4.69, 9.17) is 0 Å². The number of benzene rings is 1. The van der Waals surface area contributed by atoms with Gasteiger partial charge in [0.2, 0.25) is 15.9 Å². The molecule has 0 saturated heterocycles. The zero-order chi connectivity index (χ0) is 18.3. The van der Waals surface area contributed by atoms with Crippen LogP contribution in [0.2, 0.25) is 0 Å². The van der Waals surface area contributed by atoms with E-state index in [-0.39, 0.29) is 16.7 Å². The van der Waals surface area contributed by atoms with Gasteiger partial charge in [0, 0.05) is 51.1 Å². The molecular weight excluding hydrogens is 352 g/mol. The average molecular weight is 374 g/mol. The second-order valence-electron chi connectivity index (χ2n) is 6.96. The fraction of sp³-hybridized carbons (Fsp3) is 0.444. The standard InChI is InChI=1S/C18H22N4O3S/c1-13(23)22-8-6-15-10-16(3-4-17(15)22)26(24,25)20-11-14-2-5-18-19-7-9-21(18)12-14/h3-4,7,9-10,14,20H,2,5-6,8,11-12H2,1H3/t14-/m1/s1. The summed E-state index contributed by atoms with van der Waals surface area (Å²) < 4.78 is 30.2. The van der Waals surface area contributed by atoms with E-state index in [1.807, 2.05) is 6.20 Å². The van der Waals surface area contributed by atoms with Gasteiger partial charge in [-0.05, 0) is 42.5 Å². The molecule has 2 aliphatic heterocycles. The number of anilines is 1. The van der Waals surface area contributed by atoms with E-state index in [1.54, 1.807) is 29.3 Å². The molecule has 0 unspecified atom stereocenters. The van der Waals surface area contributed by atoms with Crippen LogP contribution in [0.15, 0.2) is 35.5 Å². The summed E-state index contributed by atoms with van der Waals surface area (Å²) in [5.41, 5.74) is 1.72. The molecule has 7 nitrogen and oxygen atoms in total. The molecule has 1 aromatic heterocycles. The van der Waals surface area contributed by atoms with Gasteiger partial charge in [0.1, 0.15) is 5.82 Å². The van der Waals surface area contributed by atoms with Crippen LogP contribution in [0.25, 0.3) is 0 Å². The maximum absolute atomic E-state index is 12.7. The Bertz CT molecular complexity index is 951. The van der Waals surface area contributed by atoms with Crippen LogP contribution in [-0.2, 0) is 34.2 Å². The molecule has 1 N–H and O–H groups in total. The Balaban J connectivity index is 1.45. The molecule has 8 heteroatoms. The first kappa shape index (κ1) is 17.2. The van der Waals surface area contributed by atoms with Crippen LogP contribution in [-0.4, -0.2) is 37.0 Å². The van der Waals surface area contributed by atoms with Crippen LogP contribution in [0.1, 0.15) is 24.7 Å². The molecule has 0 spiro atoms. The number of nitrogens with one attached hydrogen (secondary N) is 1. The van der Waals surface area contributed by atoms with Gasteiger partial charge in [0.15, 0.2) is 0 Å². The highest BCUT2D eigenvalue weighted by atomic mass is 32.2. The molecule has 1 amide bonds. The molecule has 4 rings (SSSR count). The van der Waals surface area contributed by atoms with Gasteiger partial charge in [-0.1, -0.05) is 0 Å². The largest absolute Gasteiger partial charge is 0.335 e. The van der Waals surface area contributed by atoms with Crippen molar-refractivity contribution in [2.24, 2.45) is 5.92 Å². The first-order valence-electron chi connectivity index (χ1n) is 8.85. The Morgan fingerprint density at radius 3 is 3.00 bits per heavy atom. The number of amides is 1. The highest BCUT2D eigenvalue weighted by molar-refractivity contribution is 7.89. The summed E-state index contributed by atoms with van der Waals surface area (Å²) in [5.74, 6) is 1.31. The summed E-state index contributed by atoms with van der Waals surface area (Å²) >= 11 is 0. The van der Waals surface area contributed by atoms with E-state index in [0.717, 1.165) is 36.5 Å². The summed E-state index contributed by atoms with van der Waals surface area (Å²) in [6, 6.07) is 5.00. The van der Waals surface area contributed by atoms with Crippen molar-refractivity contribution >= 4 is 21.6 Å². The second kappa shape index (κ2) is 6.51. The first-order chi connectivity index (χ1) is 12.4. The molecule has 26 heavy (non-hydrogen) atoms. The summed E-state index contributed by atoms with van der Waals surface area (Å²) in [4.78, 5) is 17.9. The van der Waals surface area contributed by atoms with Gasteiger partial charge in [0.05, 0.1) is 4.90 Å². The lowest BCUT2D eigenvalue weighted by Crippen LogP contribution is -2.33. The summed E-state index contributed by atoms with van der Waals surface area (Å²) in [6.45, 7) is 3.33. The predicted molar refractivity (Wildman–Crippen MR) is 97.4 cm³/mol. The topological polar surface area (TPSA) is 84.3 Å². The number of aryl methyl sites for hydroxylation is 1. The van der Waals surface area contributed by atoms with Crippen LogP contribution in [0.3, 0.4) is 0 Å². The minimum absolute atomic E-state index is 0.0198.